The van der Waals surface area contributed by atoms with Crippen molar-refractivity contribution in [2.45, 2.75) is 0 Å². The van der Waals surface area contributed by atoms with Crippen LogP contribution in [0.15, 0.2) is 41.5 Å². The maximum Gasteiger partial charge on any atom is 0.0902 e. The van der Waals surface area contributed by atoms with Crippen LogP contribution < -0.4 is 0 Å². The van der Waals surface area contributed by atoms with E-state index in [1.807, 2.05) is 42.0 Å². The van der Waals surface area contributed by atoms with Gasteiger partial charge in [-0.25, -0.2) is 0 Å². The van der Waals surface area contributed by atoms with E-state index in [0.717, 1.165) is 5.56 Å². The van der Waals surface area contributed by atoms with Crippen LogP contribution in [0.25, 0.3) is 5.03 Å². The van der Waals surface area contributed by atoms with E-state index in [0.29, 0.717) is 5.03 Å². The van der Waals surface area contributed by atoms with Gasteiger partial charge in [0.2, 0.25) is 0 Å². The molecule has 2 heteroatoms. The van der Waals surface area contributed by atoms with Gasteiger partial charge in [-0.2, -0.15) is 0 Å². The molecule has 0 bridgehead atoms. The van der Waals surface area contributed by atoms with Crippen molar-refractivity contribution in [1.29, 1.82) is 0 Å². The summed E-state index contributed by atoms with van der Waals surface area (Å²) in [4.78, 5) is 0. The normalized spacial score (nSPS) is 8.83. The molecule has 1 aromatic carbocycles. The summed E-state index contributed by atoms with van der Waals surface area (Å²) in [6.07, 6.45) is 1.97. The third-order valence-electron chi connectivity index (χ3n) is 1.33. The van der Waals surface area contributed by atoms with Crippen LogP contribution in [-0.4, -0.2) is 6.26 Å². The average Bonchev–Trinajstić information content (AvgIpc) is 2.15. The van der Waals surface area contributed by atoms with Crippen molar-refractivity contribution in [2.24, 2.45) is 0 Å². The SMILES string of the molecule is CSC=C=C(Cl)c1ccccc1. The molecule has 62 valence electrons. The molecule has 1 aromatic rings. The fraction of sp³-hybridized carbons (Fsp3) is 0.100. The molecule has 0 saturated heterocycles. The Morgan fingerprint density at radius 1 is 1.42 bits per heavy atom. The second-order valence-electron chi connectivity index (χ2n) is 2.18. The summed E-state index contributed by atoms with van der Waals surface area (Å²) in [6.45, 7) is 0. The highest BCUT2D eigenvalue weighted by Gasteiger charge is 1.92. The number of thioether (sulfide) groups is 1. The molecular weight excluding hydrogens is 188 g/mol. The van der Waals surface area contributed by atoms with Crippen LogP contribution >= 0.6 is 23.4 Å². The minimum atomic E-state index is 0.657. The summed E-state index contributed by atoms with van der Waals surface area (Å²) in [7, 11) is 0. The Balaban J connectivity index is 2.93. The first kappa shape index (κ1) is 9.47. The zero-order valence-electron chi connectivity index (χ0n) is 6.75. The lowest BCUT2D eigenvalue weighted by Crippen LogP contribution is -1.71. The van der Waals surface area contributed by atoms with E-state index in [-0.39, 0.29) is 0 Å². The Morgan fingerprint density at radius 2 is 2.08 bits per heavy atom. The first-order valence-corrected chi connectivity index (χ1v) is 5.20. The second-order valence-corrected chi connectivity index (χ2v) is 3.26. The Morgan fingerprint density at radius 3 is 2.67 bits per heavy atom. The third kappa shape index (κ3) is 2.78. The molecule has 0 aromatic heterocycles. The Kier molecular flexibility index (Phi) is 4.02. The molecule has 0 aliphatic rings. The van der Waals surface area contributed by atoms with Crippen molar-refractivity contribution < 1.29 is 0 Å². The number of halogens is 1. The summed E-state index contributed by atoms with van der Waals surface area (Å²) in [6, 6.07) is 9.80. The van der Waals surface area contributed by atoms with E-state index in [2.05, 4.69) is 5.73 Å². The van der Waals surface area contributed by atoms with Crippen molar-refractivity contribution >= 4 is 28.4 Å². The Labute approximate surface area is 81.9 Å². The predicted molar refractivity (Wildman–Crippen MR) is 57.3 cm³/mol. The molecule has 0 aliphatic carbocycles. The highest BCUT2D eigenvalue weighted by atomic mass is 35.5. The third-order valence-corrected chi connectivity index (χ3v) is 2.01. The van der Waals surface area contributed by atoms with Crippen LogP contribution in [0.5, 0.6) is 0 Å². The summed E-state index contributed by atoms with van der Waals surface area (Å²) < 4.78 is 0. The van der Waals surface area contributed by atoms with Gasteiger partial charge in [-0.05, 0) is 6.26 Å². The minimum absolute atomic E-state index is 0.657. The first-order chi connectivity index (χ1) is 5.84. The van der Waals surface area contributed by atoms with E-state index in [1.165, 1.54) is 0 Å². The highest BCUT2D eigenvalue weighted by molar-refractivity contribution is 8.01. The standard InChI is InChI=1S/C10H9ClS/c1-12-8-7-10(11)9-5-3-2-4-6-9/h2-6,8H,1H3. The number of benzene rings is 1. The molecule has 0 saturated carbocycles. The van der Waals surface area contributed by atoms with E-state index < -0.39 is 0 Å². The van der Waals surface area contributed by atoms with Gasteiger partial charge in [0.05, 0.1) is 5.03 Å². The maximum absolute atomic E-state index is 5.95. The van der Waals surface area contributed by atoms with Crippen LogP contribution in [0.3, 0.4) is 0 Å². The van der Waals surface area contributed by atoms with Gasteiger partial charge in [-0.15, -0.1) is 11.8 Å². The van der Waals surface area contributed by atoms with Crippen LogP contribution in [-0.2, 0) is 0 Å². The molecule has 0 nitrogen and oxygen atoms in total. The maximum atomic E-state index is 5.95. The summed E-state index contributed by atoms with van der Waals surface area (Å²) in [5.74, 6) is 0. The van der Waals surface area contributed by atoms with Gasteiger partial charge in [-0.3, -0.25) is 0 Å². The fourth-order valence-corrected chi connectivity index (χ4v) is 1.26. The van der Waals surface area contributed by atoms with E-state index >= 15 is 0 Å². The van der Waals surface area contributed by atoms with Crippen LogP contribution in [0.4, 0.5) is 0 Å². The summed E-state index contributed by atoms with van der Waals surface area (Å²) in [5, 5.41) is 2.50. The van der Waals surface area contributed by atoms with Gasteiger partial charge in [0.1, 0.15) is 0 Å². The largest absolute Gasteiger partial charge is 0.129 e. The number of hydrogen-bond donors (Lipinski definition) is 0. The molecule has 0 N–H and O–H groups in total. The van der Waals surface area contributed by atoms with Crippen molar-refractivity contribution in [1.82, 2.24) is 0 Å². The van der Waals surface area contributed by atoms with Gasteiger partial charge < -0.3 is 0 Å². The molecule has 0 aliphatic heterocycles. The quantitative estimate of drug-likeness (QED) is 0.650. The summed E-state index contributed by atoms with van der Waals surface area (Å²) in [5.41, 5.74) is 3.97. The predicted octanol–water partition coefficient (Wildman–Crippen LogP) is 3.74. The molecule has 0 fully saturated rings. The molecule has 0 amide bonds. The fourth-order valence-electron chi connectivity index (χ4n) is 0.778. The zero-order valence-corrected chi connectivity index (χ0v) is 8.32. The van der Waals surface area contributed by atoms with Gasteiger partial charge in [0, 0.05) is 11.0 Å². The van der Waals surface area contributed by atoms with Gasteiger partial charge >= 0.3 is 0 Å². The molecular formula is C10H9ClS. The molecule has 1 rings (SSSR count). The molecule has 0 spiro atoms. The van der Waals surface area contributed by atoms with Crippen molar-refractivity contribution in [2.75, 3.05) is 6.26 Å². The number of rotatable bonds is 2. The van der Waals surface area contributed by atoms with E-state index in [9.17, 15) is 0 Å². The topological polar surface area (TPSA) is 0 Å². The monoisotopic (exact) mass is 196 g/mol. The van der Waals surface area contributed by atoms with Gasteiger partial charge in [0.15, 0.2) is 0 Å². The first-order valence-electron chi connectivity index (χ1n) is 3.53. The molecule has 0 heterocycles. The van der Waals surface area contributed by atoms with Crippen LogP contribution in [0.1, 0.15) is 5.56 Å². The molecule has 12 heavy (non-hydrogen) atoms. The van der Waals surface area contributed by atoms with Crippen molar-refractivity contribution in [3.63, 3.8) is 0 Å². The molecule has 0 radical (unpaired) electrons. The van der Waals surface area contributed by atoms with E-state index in [4.69, 9.17) is 11.6 Å². The van der Waals surface area contributed by atoms with Crippen molar-refractivity contribution in [3.8, 4) is 0 Å². The van der Waals surface area contributed by atoms with Gasteiger partial charge in [0.25, 0.3) is 0 Å². The zero-order chi connectivity index (χ0) is 8.81. The second kappa shape index (κ2) is 5.10. The Hall–Kier alpha value is -0.620. The summed E-state index contributed by atoms with van der Waals surface area (Å²) >= 11 is 7.53. The van der Waals surface area contributed by atoms with Crippen LogP contribution in [0.2, 0.25) is 0 Å². The number of hydrogen-bond acceptors (Lipinski definition) is 1. The highest BCUT2D eigenvalue weighted by Crippen LogP contribution is 2.16. The molecule has 0 atom stereocenters. The molecule has 0 unspecified atom stereocenters. The van der Waals surface area contributed by atoms with Gasteiger partial charge in [-0.1, -0.05) is 47.7 Å². The lowest BCUT2D eigenvalue weighted by molar-refractivity contribution is 1.65. The Bertz CT molecular complexity index is 297. The lowest BCUT2D eigenvalue weighted by Gasteiger charge is -1.92. The smallest absolute Gasteiger partial charge is 0.0902 e. The van der Waals surface area contributed by atoms with E-state index in [1.54, 1.807) is 11.8 Å². The minimum Gasteiger partial charge on any atom is -0.129 e. The van der Waals surface area contributed by atoms with Crippen LogP contribution in [0, 0.1) is 0 Å². The van der Waals surface area contributed by atoms with Crippen molar-refractivity contribution in [3.05, 3.63) is 47.0 Å². The average molecular weight is 197 g/mol. The lowest BCUT2D eigenvalue weighted by atomic mass is 10.2.